The van der Waals surface area contributed by atoms with Gasteiger partial charge in [0, 0.05) is 12.3 Å². The highest BCUT2D eigenvalue weighted by Crippen LogP contribution is 2.39. The van der Waals surface area contributed by atoms with Gasteiger partial charge in [-0.25, -0.2) is 0 Å². The van der Waals surface area contributed by atoms with Crippen LogP contribution in [0.3, 0.4) is 0 Å². The molecule has 1 unspecified atom stereocenters. The fourth-order valence-electron chi connectivity index (χ4n) is 2.58. The highest BCUT2D eigenvalue weighted by molar-refractivity contribution is 8.08. The number of ether oxygens (including phenoxy) is 1. The van der Waals surface area contributed by atoms with E-state index in [1.807, 2.05) is 30.3 Å². The quantitative estimate of drug-likeness (QED) is 0.875. The maximum Gasteiger partial charge on any atom is 0.287 e. The van der Waals surface area contributed by atoms with Crippen LogP contribution in [0.25, 0.3) is 4.91 Å². The number of hydrogen-bond acceptors (Lipinski definition) is 4. The van der Waals surface area contributed by atoms with Crippen LogP contribution in [0.15, 0.2) is 36.1 Å². The van der Waals surface area contributed by atoms with Gasteiger partial charge in [-0.2, -0.15) is 0 Å². The van der Waals surface area contributed by atoms with Crippen LogP contribution in [0.2, 0.25) is 0 Å². The maximum absolute atomic E-state index is 12.5. The van der Waals surface area contributed by atoms with Crippen LogP contribution in [0, 0.1) is 5.92 Å². The molecule has 0 bridgehead atoms. The van der Waals surface area contributed by atoms with Gasteiger partial charge in [0.25, 0.3) is 5.91 Å². The standard InChI is InChI=1S/C17H21NO3S/c1-17(20,13-7-8-13)11-18-16(19)14-15(22-10-9-21-14)12-5-3-2-4-6-12/h2-6,13,20H,7-11H2,1H3,(H,18,19). The summed E-state index contributed by atoms with van der Waals surface area (Å²) in [5.74, 6) is 1.26. The van der Waals surface area contributed by atoms with E-state index in [1.165, 1.54) is 0 Å². The van der Waals surface area contributed by atoms with Gasteiger partial charge >= 0.3 is 0 Å². The Morgan fingerprint density at radius 3 is 2.82 bits per heavy atom. The van der Waals surface area contributed by atoms with E-state index >= 15 is 0 Å². The average molecular weight is 319 g/mol. The van der Waals surface area contributed by atoms with Crippen LogP contribution in [0.5, 0.6) is 0 Å². The molecule has 2 N–H and O–H groups in total. The second-order valence-corrected chi connectivity index (χ2v) is 7.14. The highest BCUT2D eigenvalue weighted by Gasteiger charge is 2.40. The molecule has 118 valence electrons. The molecule has 1 saturated carbocycles. The molecule has 0 radical (unpaired) electrons. The Kier molecular flexibility index (Phi) is 4.45. The van der Waals surface area contributed by atoms with Crippen LogP contribution in [-0.4, -0.2) is 35.5 Å². The van der Waals surface area contributed by atoms with E-state index in [1.54, 1.807) is 18.7 Å². The molecule has 0 spiro atoms. The number of rotatable bonds is 5. The summed E-state index contributed by atoms with van der Waals surface area (Å²) in [6.07, 6.45) is 2.07. The molecule has 22 heavy (non-hydrogen) atoms. The van der Waals surface area contributed by atoms with E-state index in [4.69, 9.17) is 4.74 Å². The zero-order valence-corrected chi connectivity index (χ0v) is 13.5. The normalized spacial score (nSPS) is 21.0. The van der Waals surface area contributed by atoms with Gasteiger partial charge in [0.2, 0.25) is 0 Å². The van der Waals surface area contributed by atoms with E-state index < -0.39 is 5.60 Å². The number of carbonyl (C=O) groups excluding carboxylic acids is 1. The van der Waals surface area contributed by atoms with E-state index in [0.29, 0.717) is 18.3 Å². The molecule has 1 aliphatic heterocycles. The first-order chi connectivity index (χ1) is 10.6. The van der Waals surface area contributed by atoms with E-state index in [9.17, 15) is 9.90 Å². The van der Waals surface area contributed by atoms with Crippen molar-refractivity contribution in [3.8, 4) is 0 Å². The maximum atomic E-state index is 12.5. The number of amides is 1. The number of benzene rings is 1. The van der Waals surface area contributed by atoms with Crippen LogP contribution in [0.4, 0.5) is 0 Å². The monoisotopic (exact) mass is 319 g/mol. The van der Waals surface area contributed by atoms with Crippen molar-refractivity contribution < 1.29 is 14.6 Å². The lowest BCUT2D eigenvalue weighted by Gasteiger charge is -2.25. The molecule has 1 heterocycles. The number of aliphatic hydroxyl groups is 1. The first-order valence-electron chi connectivity index (χ1n) is 7.64. The SMILES string of the molecule is CC(O)(CNC(=O)C1=C(c2ccccc2)SCCO1)C1CC1. The zero-order chi connectivity index (χ0) is 15.6. The van der Waals surface area contributed by atoms with Crippen LogP contribution < -0.4 is 5.32 Å². The first-order valence-corrected chi connectivity index (χ1v) is 8.62. The molecular weight excluding hydrogens is 298 g/mol. The lowest BCUT2D eigenvalue weighted by atomic mass is 10.0. The summed E-state index contributed by atoms with van der Waals surface area (Å²) in [5.41, 5.74) is 0.164. The molecule has 0 saturated heterocycles. The van der Waals surface area contributed by atoms with Gasteiger partial charge in [-0.15, -0.1) is 11.8 Å². The topological polar surface area (TPSA) is 58.6 Å². The van der Waals surface area contributed by atoms with E-state index in [0.717, 1.165) is 29.1 Å². The van der Waals surface area contributed by atoms with Crippen LogP contribution >= 0.6 is 11.8 Å². The number of carbonyl (C=O) groups is 1. The van der Waals surface area contributed by atoms with Gasteiger partial charge in [0.15, 0.2) is 5.76 Å². The second-order valence-electron chi connectivity index (χ2n) is 6.04. The Labute approximate surface area is 134 Å². The molecule has 1 aromatic rings. The van der Waals surface area contributed by atoms with Gasteiger partial charge in [-0.05, 0) is 31.2 Å². The van der Waals surface area contributed by atoms with Gasteiger partial charge in [0.05, 0.1) is 17.1 Å². The van der Waals surface area contributed by atoms with Crippen molar-refractivity contribution in [1.29, 1.82) is 0 Å². The molecule has 1 fully saturated rings. The van der Waals surface area contributed by atoms with Crippen molar-refractivity contribution in [2.24, 2.45) is 5.92 Å². The minimum Gasteiger partial charge on any atom is -0.486 e. The van der Waals surface area contributed by atoms with Crippen molar-refractivity contribution >= 4 is 22.6 Å². The Hall–Kier alpha value is -1.46. The third-order valence-electron chi connectivity index (χ3n) is 4.09. The fourth-order valence-corrected chi connectivity index (χ4v) is 3.54. The summed E-state index contributed by atoms with van der Waals surface area (Å²) < 4.78 is 5.61. The molecule has 2 aliphatic rings. The Morgan fingerprint density at radius 1 is 1.41 bits per heavy atom. The minimum atomic E-state index is -0.828. The molecule has 1 atom stereocenters. The number of thioether (sulfide) groups is 1. The Balaban J connectivity index is 1.74. The summed E-state index contributed by atoms with van der Waals surface area (Å²) in [7, 11) is 0. The summed E-state index contributed by atoms with van der Waals surface area (Å²) in [6, 6.07) is 9.80. The lowest BCUT2D eigenvalue weighted by molar-refractivity contribution is -0.122. The highest BCUT2D eigenvalue weighted by atomic mass is 32.2. The fraction of sp³-hybridized carbons (Fsp3) is 0.471. The third-order valence-corrected chi connectivity index (χ3v) is 5.17. The number of hydrogen-bond donors (Lipinski definition) is 2. The molecule has 1 aliphatic carbocycles. The largest absolute Gasteiger partial charge is 0.486 e. The summed E-state index contributed by atoms with van der Waals surface area (Å²) >= 11 is 1.64. The molecule has 3 rings (SSSR count). The summed E-state index contributed by atoms with van der Waals surface area (Å²) in [5, 5.41) is 13.1. The van der Waals surface area contributed by atoms with Gasteiger partial charge in [-0.1, -0.05) is 30.3 Å². The van der Waals surface area contributed by atoms with Crippen LogP contribution in [0.1, 0.15) is 25.3 Å². The van der Waals surface area contributed by atoms with E-state index in [-0.39, 0.29) is 12.5 Å². The van der Waals surface area contributed by atoms with Gasteiger partial charge in [0.1, 0.15) is 0 Å². The van der Waals surface area contributed by atoms with Crippen molar-refractivity contribution in [3.63, 3.8) is 0 Å². The smallest absolute Gasteiger partial charge is 0.287 e. The van der Waals surface area contributed by atoms with Gasteiger partial charge in [-0.3, -0.25) is 4.79 Å². The summed E-state index contributed by atoms with van der Waals surface area (Å²) in [4.78, 5) is 13.3. The minimum absolute atomic E-state index is 0.244. The molecule has 4 nitrogen and oxygen atoms in total. The predicted octanol–water partition coefficient (Wildman–Crippen LogP) is 2.40. The molecular formula is C17H21NO3S. The average Bonchev–Trinajstić information content (AvgIpc) is 3.39. The van der Waals surface area contributed by atoms with Crippen molar-refractivity contribution in [2.75, 3.05) is 18.9 Å². The molecule has 1 aromatic carbocycles. The predicted molar refractivity (Wildman–Crippen MR) is 88.1 cm³/mol. The summed E-state index contributed by atoms with van der Waals surface area (Å²) in [6.45, 7) is 2.58. The lowest BCUT2D eigenvalue weighted by Crippen LogP contribution is -2.43. The second kappa shape index (κ2) is 6.34. The van der Waals surface area contributed by atoms with Crippen molar-refractivity contribution in [1.82, 2.24) is 5.32 Å². The number of nitrogens with one attached hydrogen (secondary N) is 1. The first kappa shape index (κ1) is 15.4. The molecule has 5 heteroatoms. The third kappa shape index (κ3) is 3.47. The zero-order valence-electron chi connectivity index (χ0n) is 12.7. The van der Waals surface area contributed by atoms with Crippen LogP contribution in [-0.2, 0) is 9.53 Å². The molecule has 1 amide bonds. The molecule has 0 aromatic heterocycles. The van der Waals surface area contributed by atoms with E-state index in [2.05, 4.69) is 5.32 Å². The Bertz CT molecular complexity index is 579. The Morgan fingerprint density at radius 2 is 2.14 bits per heavy atom. The van der Waals surface area contributed by atoms with Crippen molar-refractivity contribution in [2.45, 2.75) is 25.4 Å². The van der Waals surface area contributed by atoms with Gasteiger partial charge < -0.3 is 15.2 Å². The van der Waals surface area contributed by atoms with Crippen molar-refractivity contribution in [3.05, 3.63) is 41.7 Å².